The maximum Gasteiger partial charge on any atom is 0.339 e. The maximum atomic E-state index is 12.2. The Morgan fingerprint density at radius 2 is 1.71 bits per heavy atom. The van der Waals surface area contributed by atoms with Crippen molar-refractivity contribution in [2.75, 3.05) is 5.32 Å². The summed E-state index contributed by atoms with van der Waals surface area (Å²) in [6.07, 6.45) is 0. The number of carbonyl (C=O) groups is 2. The van der Waals surface area contributed by atoms with E-state index >= 15 is 0 Å². The standard InChI is InChI=1S/C15H12ClNO4/c1-8-9(4-2-6-11(8)16)14(19)17-12-7-3-5-10(13(12)18)15(20)21/h2-7,18H,1H3,(H,17,19)(H,20,21). The van der Waals surface area contributed by atoms with E-state index in [4.69, 9.17) is 16.7 Å². The molecule has 5 nitrogen and oxygen atoms in total. The van der Waals surface area contributed by atoms with Crippen LogP contribution in [0.1, 0.15) is 26.3 Å². The molecule has 0 fully saturated rings. The molecule has 0 radical (unpaired) electrons. The van der Waals surface area contributed by atoms with Crippen LogP contribution in [0.25, 0.3) is 0 Å². The van der Waals surface area contributed by atoms with Gasteiger partial charge in [-0.3, -0.25) is 4.79 Å². The number of carbonyl (C=O) groups excluding carboxylic acids is 1. The topological polar surface area (TPSA) is 86.6 Å². The molecule has 2 aromatic carbocycles. The Morgan fingerprint density at radius 1 is 1.10 bits per heavy atom. The summed E-state index contributed by atoms with van der Waals surface area (Å²) < 4.78 is 0. The number of rotatable bonds is 3. The van der Waals surface area contributed by atoms with Crippen LogP contribution in [0.3, 0.4) is 0 Å². The van der Waals surface area contributed by atoms with Crippen LogP contribution in [0.15, 0.2) is 36.4 Å². The zero-order valence-corrected chi connectivity index (χ0v) is 11.8. The summed E-state index contributed by atoms with van der Waals surface area (Å²) in [4.78, 5) is 23.1. The second kappa shape index (κ2) is 5.85. The lowest BCUT2D eigenvalue weighted by Gasteiger charge is -2.11. The van der Waals surface area contributed by atoms with Crippen LogP contribution >= 0.6 is 11.6 Å². The highest BCUT2D eigenvalue weighted by Crippen LogP contribution is 2.28. The van der Waals surface area contributed by atoms with Gasteiger partial charge in [0, 0.05) is 10.6 Å². The quantitative estimate of drug-likeness (QED) is 0.759. The van der Waals surface area contributed by atoms with E-state index < -0.39 is 17.6 Å². The van der Waals surface area contributed by atoms with Gasteiger partial charge >= 0.3 is 5.97 Å². The predicted octanol–water partition coefficient (Wildman–Crippen LogP) is 3.30. The van der Waals surface area contributed by atoms with Gasteiger partial charge < -0.3 is 15.5 Å². The first-order chi connectivity index (χ1) is 9.91. The van der Waals surface area contributed by atoms with Crippen LogP contribution in [0.2, 0.25) is 5.02 Å². The lowest BCUT2D eigenvalue weighted by atomic mass is 10.1. The Morgan fingerprint density at radius 3 is 2.38 bits per heavy atom. The number of aromatic carboxylic acids is 1. The summed E-state index contributed by atoms with van der Waals surface area (Å²) in [5, 5.41) is 21.7. The molecule has 2 rings (SSSR count). The van der Waals surface area contributed by atoms with Crippen molar-refractivity contribution in [1.82, 2.24) is 0 Å². The number of carboxylic acids is 1. The van der Waals surface area contributed by atoms with Crippen molar-refractivity contribution in [2.45, 2.75) is 6.92 Å². The van der Waals surface area contributed by atoms with Crippen LogP contribution in [0.5, 0.6) is 5.75 Å². The van der Waals surface area contributed by atoms with E-state index in [1.54, 1.807) is 25.1 Å². The SMILES string of the molecule is Cc1c(Cl)cccc1C(=O)Nc1cccc(C(=O)O)c1O. The van der Waals surface area contributed by atoms with Gasteiger partial charge in [-0.1, -0.05) is 23.7 Å². The number of anilines is 1. The first-order valence-electron chi connectivity index (χ1n) is 6.03. The first kappa shape index (κ1) is 14.9. The minimum atomic E-state index is -1.28. The van der Waals surface area contributed by atoms with E-state index in [2.05, 4.69) is 5.32 Å². The fourth-order valence-corrected chi connectivity index (χ4v) is 2.03. The number of aromatic hydroxyl groups is 1. The number of hydrogen-bond donors (Lipinski definition) is 3. The summed E-state index contributed by atoms with van der Waals surface area (Å²) in [5.41, 5.74) is 0.697. The van der Waals surface area contributed by atoms with Crippen LogP contribution in [0.4, 0.5) is 5.69 Å². The summed E-state index contributed by atoms with van der Waals surface area (Å²) in [5.74, 6) is -2.24. The number of benzene rings is 2. The third kappa shape index (κ3) is 2.98. The number of para-hydroxylation sites is 1. The second-order valence-electron chi connectivity index (χ2n) is 4.37. The molecule has 108 valence electrons. The molecule has 3 N–H and O–H groups in total. The molecular weight excluding hydrogens is 294 g/mol. The van der Waals surface area contributed by atoms with Crippen molar-refractivity contribution < 1.29 is 19.8 Å². The zero-order valence-electron chi connectivity index (χ0n) is 11.1. The number of amides is 1. The van der Waals surface area contributed by atoms with Gasteiger partial charge in [0.15, 0.2) is 5.75 Å². The lowest BCUT2D eigenvalue weighted by Crippen LogP contribution is -2.14. The van der Waals surface area contributed by atoms with Gasteiger partial charge in [0.1, 0.15) is 5.56 Å². The highest BCUT2D eigenvalue weighted by Gasteiger charge is 2.16. The molecule has 0 atom stereocenters. The summed E-state index contributed by atoms with van der Waals surface area (Å²) in [6, 6.07) is 8.99. The molecule has 6 heteroatoms. The number of carboxylic acid groups (broad SMARTS) is 1. The third-order valence-electron chi connectivity index (χ3n) is 3.03. The molecule has 0 aliphatic heterocycles. The molecule has 0 saturated carbocycles. The minimum Gasteiger partial charge on any atom is -0.505 e. The molecule has 0 saturated heterocycles. The number of halogens is 1. The van der Waals surface area contributed by atoms with E-state index in [1.165, 1.54) is 18.2 Å². The Bertz CT molecular complexity index is 728. The van der Waals surface area contributed by atoms with E-state index in [0.29, 0.717) is 16.1 Å². The van der Waals surface area contributed by atoms with Crippen LogP contribution in [0, 0.1) is 6.92 Å². The fraction of sp³-hybridized carbons (Fsp3) is 0.0667. The molecule has 0 aromatic heterocycles. The van der Waals surface area contributed by atoms with E-state index in [9.17, 15) is 14.7 Å². The molecule has 0 spiro atoms. The van der Waals surface area contributed by atoms with Crippen molar-refractivity contribution in [1.29, 1.82) is 0 Å². The van der Waals surface area contributed by atoms with Crippen LogP contribution < -0.4 is 5.32 Å². The predicted molar refractivity (Wildman–Crippen MR) is 79.2 cm³/mol. The van der Waals surface area contributed by atoms with Crippen LogP contribution in [-0.2, 0) is 0 Å². The molecule has 0 unspecified atom stereocenters. The van der Waals surface area contributed by atoms with Crippen molar-refractivity contribution in [3.63, 3.8) is 0 Å². The smallest absolute Gasteiger partial charge is 0.339 e. The highest BCUT2D eigenvalue weighted by atomic mass is 35.5. The molecule has 0 bridgehead atoms. The van der Waals surface area contributed by atoms with E-state index in [-0.39, 0.29) is 11.3 Å². The van der Waals surface area contributed by atoms with Gasteiger partial charge in [0.05, 0.1) is 5.69 Å². The Labute approximate surface area is 125 Å². The number of phenols is 1. The second-order valence-corrected chi connectivity index (χ2v) is 4.78. The van der Waals surface area contributed by atoms with Gasteiger partial charge in [-0.15, -0.1) is 0 Å². The fourth-order valence-electron chi connectivity index (χ4n) is 1.86. The van der Waals surface area contributed by atoms with Gasteiger partial charge in [0.25, 0.3) is 5.91 Å². The molecular formula is C15H12ClNO4. The van der Waals surface area contributed by atoms with E-state index in [0.717, 1.165) is 0 Å². The van der Waals surface area contributed by atoms with Gasteiger partial charge in [-0.2, -0.15) is 0 Å². The molecule has 21 heavy (non-hydrogen) atoms. The van der Waals surface area contributed by atoms with Gasteiger partial charge in [-0.25, -0.2) is 4.79 Å². The zero-order chi connectivity index (χ0) is 15.6. The number of nitrogens with one attached hydrogen (secondary N) is 1. The molecule has 0 heterocycles. The highest BCUT2D eigenvalue weighted by molar-refractivity contribution is 6.32. The minimum absolute atomic E-state index is 0.0271. The molecule has 0 aliphatic rings. The first-order valence-corrected chi connectivity index (χ1v) is 6.41. The van der Waals surface area contributed by atoms with Gasteiger partial charge in [-0.05, 0) is 36.8 Å². The maximum absolute atomic E-state index is 12.2. The Balaban J connectivity index is 2.34. The number of hydrogen-bond acceptors (Lipinski definition) is 3. The van der Waals surface area contributed by atoms with Crippen LogP contribution in [-0.4, -0.2) is 22.1 Å². The normalized spacial score (nSPS) is 10.2. The van der Waals surface area contributed by atoms with Crippen molar-refractivity contribution in [3.05, 3.63) is 58.1 Å². The monoisotopic (exact) mass is 305 g/mol. The Hall–Kier alpha value is -2.53. The largest absolute Gasteiger partial charge is 0.505 e. The molecule has 0 aliphatic carbocycles. The average Bonchev–Trinajstić information content (AvgIpc) is 2.43. The van der Waals surface area contributed by atoms with Crippen molar-refractivity contribution in [2.24, 2.45) is 0 Å². The van der Waals surface area contributed by atoms with Crippen molar-refractivity contribution >= 4 is 29.2 Å². The lowest BCUT2D eigenvalue weighted by molar-refractivity contribution is 0.0693. The Kier molecular flexibility index (Phi) is 4.14. The molecule has 2 aromatic rings. The van der Waals surface area contributed by atoms with Crippen molar-refractivity contribution in [3.8, 4) is 5.75 Å². The summed E-state index contributed by atoms with van der Waals surface area (Å²) >= 11 is 5.95. The average molecular weight is 306 g/mol. The van der Waals surface area contributed by atoms with E-state index in [1.807, 2.05) is 0 Å². The third-order valence-corrected chi connectivity index (χ3v) is 3.44. The molecule has 1 amide bonds. The summed E-state index contributed by atoms with van der Waals surface area (Å²) in [6.45, 7) is 1.70. The summed E-state index contributed by atoms with van der Waals surface area (Å²) in [7, 11) is 0. The van der Waals surface area contributed by atoms with Gasteiger partial charge in [0.2, 0.25) is 0 Å².